The molecule has 0 amide bonds. The Balaban J connectivity index is 2.13. The molecule has 0 aromatic heterocycles. The van der Waals surface area contributed by atoms with Crippen LogP contribution in [-0.4, -0.2) is 5.78 Å². The van der Waals surface area contributed by atoms with Crippen molar-refractivity contribution in [2.24, 2.45) is 0 Å². The van der Waals surface area contributed by atoms with Crippen LogP contribution in [0.15, 0.2) is 24.3 Å². The van der Waals surface area contributed by atoms with Crippen LogP contribution in [-0.2, 0) is 6.42 Å². The molecular weight excluding hydrogens is 376 g/mol. The van der Waals surface area contributed by atoms with Gasteiger partial charge in [0.1, 0.15) is 0 Å². The maximum absolute atomic E-state index is 12.8. The smallest absolute Gasteiger partial charge is 0.163 e. The first-order valence-electron chi connectivity index (χ1n) is 13.9. The Morgan fingerprint density at radius 1 is 0.548 bits per heavy atom. The van der Waals surface area contributed by atoms with Gasteiger partial charge in [-0.15, -0.1) is 0 Å². The maximum Gasteiger partial charge on any atom is 0.163 e. The molecule has 0 radical (unpaired) electrons. The highest BCUT2D eigenvalue weighted by atomic mass is 16.1. The zero-order chi connectivity index (χ0) is 22.4. The Labute approximate surface area is 194 Å². The van der Waals surface area contributed by atoms with Crippen LogP contribution in [0, 0.1) is 0 Å². The Bertz CT molecular complexity index is 533. The Morgan fingerprint density at radius 3 is 1.48 bits per heavy atom. The van der Waals surface area contributed by atoms with Crippen LogP contribution in [0.5, 0.6) is 0 Å². The van der Waals surface area contributed by atoms with Crippen molar-refractivity contribution in [3.8, 4) is 0 Å². The standard InChI is InChI=1S/C30H52O/c1-3-5-7-9-11-13-15-16-18-20-24-28-25-22-23-26-29(28)30(31)27-21-19-17-14-12-10-8-6-4-2/h22-23,25-26H,3-21,24,27H2,1-2H3. The van der Waals surface area contributed by atoms with E-state index in [0.29, 0.717) is 5.78 Å². The zero-order valence-corrected chi connectivity index (χ0v) is 21.1. The van der Waals surface area contributed by atoms with Gasteiger partial charge in [0, 0.05) is 12.0 Å². The SMILES string of the molecule is CCCCCCCCCCCCc1ccccc1C(=O)CCCCCCCCCCC. The lowest BCUT2D eigenvalue weighted by Gasteiger charge is -2.09. The normalized spacial score (nSPS) is 11.2. The van der Waals surface area contributed by atoms with E-state index in [4.69, 9.17) is 0 Å². The summed E-state index contributed by atoms with van der Waals surface area (Å²) >= 11 is 0. The molecule has 0 aliphatic carbocycles. The van der Waals surface area contributed by atoms with Crippen molar-refractivity contribution in [2.45, 2.75) is 149 Å². The van der Waals surface area contributed by atoms with E-state index in [-0.39, 0.29) is 0 Å². The highest BCUT2D eigenvalue weighted by Gasteiger charge is 2.10. The molecule has 0 aliphatic heterocycles. The van der Waals surface area contributed by atoms with E-state index in [9.17, 15) is 4.79 Å². The van der Waals surface area contributed by atoms with Crippen LogP contribution in [0.1, 0.15) is 158 Å². The fraction of sp³-hybridized carbons (Fsp3) is 0.767. The summed E-state index contributed by atoms with van der Waals surface area (Å²) in [5, 5.41) is 0. The van der Waals surface area contributed by atoms with Crippen molar-refractivity contribution in [3.63, 3.8) is 0 Å². The number of unbranched alkanes of at least 4 members (excludes halogenated alkanes) is 17. The Kier molecular flexibility index (Phi) is 18.7. The third kappa shape index (κ3) is 15.4. The second-order valence-electron chi connectivity index (χ2n) is 9.59. The van der Waals surface area contributed by atoms with Crippen LogP contribution in [0.4, 0.5) is 0 Å². The van der Waals surface area contributed by atoms with Crippen molar-refractivity contribution >= 4 is 5.78 Å². The lowest BCUT2D eigenvalue weighted by molar-refractivity contribution is 0.0978. The van der Waals surface area contributed by atoms with E-state index in [1.54, 1.807) is 0 Å². The highest BCUT2D eigenvalue weighted by Crippen LogP contribution is 2.18. The summed E-state index contributed by atoms with van der Waals surface area (Å²) in [5.74, 6) is 0.366. The molecule has 1 rings (SSSR count). The average Bonchev–Trinajstić information content (AvgIpc) is 2.79. The Morgan fingerprint density at radius 2 is 0.968 bits per heavy atom. The minimum atomic E-state index is 0.366. The van der Waals surface area contributed by atoms with Gasteiger partial charge in [-0.2, -0.15) is 0 Å². The van der Waals surface area contributed by atoms with Crippen molar-refractivity contribution in [3.05, 3.63) is 35.4 Å². The summed E-state index contributed by atoms with van der Waals surface area (Å²) < 4.78 is 0. The fourth-order valence-electron chi connectivity index (χ4n) is 4.54. The molecule has 0 N–H and O–H groups in total. The fourth-order valence-corrected chi connectivity index (χ4v) is 4.54. The van der Waals surface area contributed by atoms with Crippen LogP contribution >= 0.6 is 0 Å². The molecule has 1 aromatic carbocycles. The second kappa shape index (κ2) is 20.8. The van der Waals surface area contributed by atoms with Gasteiger partial charge in [0.25, 0.3) is 0 Å². The van der Waals surface area contributed by atoms with E-state index in [1.807, 2.05) is 6.07 Å². The van der Waals surface area contributed by atoms with Gasteiger partial charge in [-0.25, -0.2) is 0 Å². The van der Waals surface area contributed by atoms with Gasteiger partial charge in [-0.1, -0.05) is 147 Å². The van der Waals surface area contributed by atoms with Gasteiger partial charge < -0.3 is 0 Å². The zero-order valence-electron chi connectivity index (χ0n) is 21.1. The molecular formula is C30H52O. The van der Waals surface area contributed by atoms with Crippen LogP contribution in [0.3, 0.4) is 0 Å². The molecule has 0 aliphatic rings. The number of Topliss-reactive ketones (excluding diaryl/α,β-unsaturated/α-hetero) is 1. The number of aryl methyl sites for hydroxylation is 1. The summed E-state index contributed by atoms with van der Waals surface area (Å²) in [6.07, 6.45) is 27.2. The molecule has 178 valence electrons. The molecule has 0 fully saturated rings. The lowest BCUT2D eigenvalue weighted by Crippen LogP contribution is -2.04. The van der Waals surface area contributed by atoms with E-state index in [0.717, 1.165) is 24.8 Å². The summed E-state index contributed by atoms with van der Waals surface area (Å²) in [7, 11) is 0. The molecule has 0 atom stereocenters. The van der Waals surface area contributed by atoms with Gasteiger partial charge in [0.15, 0.2) is 5.78 Å². The minimum absolute atomic E-state index is 0.366. The van der Waals surface area contributed by atoms with Crippen LogP contribution in [0.2, 0.25) is 0 Å². The molecule has 0 saturated heterocycles. The lowest BCUT2D eigenvalue weighted by atomic mass is 9.95. The number of benzene rings is 1. The summed E-state index contributed by atoms with van der Waals surface area (Å²) in [6.45, 7) is 4.55. The topological polar surface area (TPSA) is 17.1 Å². The molecule has 0 bridgehead atoms. The molecule has 0 heterocycles. The third-order valence-electron chi connectivity index (χ3n) is 6.62. The molecule has 1 heteroatoms. The average molecular weight is 429 g/mol. The summed E-state index contributed by atoms with van der Waals surface area (Å²) in [6, 6.07) is 8.37. The Hall–Kier alpha value is -1.11. The first-order valence-corrected chi connectivity index (χ1v) is 13.9. The molecule has 0 saturated carbocycles. The number of carbonyl (C=O) groups is 1. The highest BCUT2D eigenvalue weighted by molar-refractivity contribution is 5.97. The first kappa shape index (κ1) is 27.9. The molecule has 0 spiro atoms. The predicted molar refractivity (Wildman–Crippen MR) is 138 cm³/mol. The number of hydrogen-bond acceptors (Lipinski definition) is 1. The largest absolute Gasteiger partial charge is 0.294 e. The van der Waals surface area contributed by atoms with Gasteiger partial charge in [-0.05, 0) is 24.8 Å². The van der Waals surface area contributed by atoms with Gasteiger partial charge in [0.05, 0.1) is 0 Å². The van der Waals surface area contributed by atoms with Crippen LogP contribution < -0.4 is 0 Å². The first-order chi connectivity index (χ1) is 15.3. The molecule has 31 heavy (non-hydrogen) atoms. The quantitative estimate of drug-likeness (QED) is 0.132. The molecule has 0 unspecified atom stereocenters. The predicted octanol–water partition coefficient (Wildman–Crippen LogP) is 10.3. The summed E-state index contributed by atoms with van der Waals surface area (Å²) in [4.78, 5) is 12.8. The summed E-state index contributed by atoms with van der Waals surface area (Å²) in [5.41, 5.74) is 2.28. The number of rotatable bonds is 22. The van der Waals surface area contributed by atoms with E-state index >= 15 is 0 Å². The van der Waals surface area contributed by atoms with Crippen molar-refractivity contribution < 1.29 is 4.79 Å². The second-order valence-corrected chi connectivity index (χ2v) is 9.59. The molecule has 1 aromatic rings. The minimum Gasteiger partial charge on any atom is -0.294 e. The number of hydrogen-bond donors (Lipinski definition) is 0. The van der Waals surface area contributed by atoms with Crippen molar-refractivity contribution in [1.29, 1.82) is 0 Å². The van der Waals surface area contributed by atoms with E-state index < -0.39 is 0 Å². The maximum atomic E-state index is 12.8. The molecule has 1 nitrogen and oxygen atoms in total. The van der Waals surface area contributed by atoms with Gasteiger partial charge in [0.2, 0.25) is 0 Å². The third-order valence-corrected chi connectivity index (χ3v) is 6.62. The van der Waals surface area contributed by atoms with E-state index in [2.05, 4.69) is 32.0 Å². The van der Waals surface area contributed by atoms with Gasteiger partial charge in [-0.3, -0.25) is 4.79 Å². The van der Waals surface area contributed by atoms with Gasteiger partial charge >= 0.3 is 0 Å². The number of carbonyl (C=O) groups excluding carboxylic acids is 1. The van der Waals surface area contributed by atoms with E-state index in [1.165, 1.54) is 121 Å². The number of ketones is 1. The van der Waals surface area contributed by atoms with Crippen LogP contribution in [0.25, 0.3) is 0 Å². The monoisotopic (exact) mass is 428 g/mol. The van der Waals surface area contributed by atoms with Crippen molar-refractivity contribution in [1.82, 2.24) is 0 Å². The van der Waals surface area contributed by atoms with Crippen molar-refractivity contribution in [2.75, 3.05) is 0 Å².